The van der Waals surface area contributed by atoms with E-state index in [1.54, 1.807) is 0 Å². The number of hydrogen-bond donors (Lipinski definition) is 2. The van der Waals surface area contributed by atoms with Crippen molar-refractivity contribution in [1.82, 2.24) is 19.9 Å². The van der Waals surface area contributed by atoms with E-state index in [4.69, 9.17) is 9.97 Å². The molecule has 0 radical (unpaired) electrons. The Morgan fingerprint density at radius 1 is 0.452 bits per heavy atom. The predicted octanol–water partition coefficient (Wildman–Crippen LogP) is 10.7. The Kier molecular flexibility index (Phi) is 6.63. The fourth-order valence-corrected chi connectivity index (χ4v) is 6.89. The highest BCUT2D eigenvalue weighted by atomic mass is 79.9. The van der Waals surface area contributed by atoms with Gasteiger partial charge in [0.05, 0.1) is 42.8 Å². The third-order valence-corrected chi connectivity index (χ3v) is 9.31. The molecule has 0 saturated carbocycles. The Morgan fingerprint density at radius 2 is 0.810 bits per heavy atom. The summed E-state index contributed by atoms with van der Waals surface area (Å²) in [7, 11) is 0. The lowest BCUT2D eigenvalue weighted by Crippen LogP contribution is -1.91. The first-order chi connectivity index (χ1) is 20.2. The van der Waals surface area contributed by atoms with Crippen LogP contribution in [0.25, 0.3) is 68.6 Å². The van der Waals surface area contributed by atoms with Gasteiger partial charge in [0.25, 0.3) is 0 Å². The molecule has 0 amide bonds. The third kappa shape index (κ3) is 4.79. The standard InChI is InChI=1S/C36H28Br2N4/c1-19-13-20(2)16-23(15-19)33-25-5-9-29(39-25)35(37)31-11-7-27(41-31)34(24-17-21(3)14-22(4)18-24)28-8-12-32(42-28)36(38)30-10-6-26(33)40-30/h5-18,39-40H,1-4H3. The summed E-state index contributed by atoms with van der Waals surface area (Å²) in [6.07, 6.45) is 8.31. The second kappa shape index (κ2) is 10.4. The lowest BCUT2D eigenvalue weighted by atomic mass is 9.98. The molecule has 2 aliphatic heterocycles. The molecule has 7 rings (SSSR count). The van der Waals surface area contributed by atoms with Crippen molar-refractivity contribution in [3.63, 3.8) is 0 Å². The number of rotatable bonds is 2. The number of fused-ring (bicyclic) bond motifs is 8. The Hall–Kier alpha value is -4.00. The number of aryl methyl sites for hydroxylation is 4. The molecule has 42 heavy (non-hydrogen) atoms. The fourth-order valence-electron chi connectivity index (χ4n) is 5.98. The Labute approximate surface area is 261 Å². The monoisotopic (exact) mass is 674 g/mol. The maximum Gasteiger partial charge on any atom is 0.0801 e. The summed E-state index contributed by atoms with van der Waals surface area (Å²) in [5.41, 5.74) is 16.7. The van der Waals surface area contributed by atoms with E-state index in [1.165, 1.54) is 22.3 Å². The number of aromatic nitrogens is 4. The molecule has 2 aliphatic rings. The molecule has 0 saturated heterocycles. The van der Waals surface area contributed by atoms with Crippen LogP contribution in [-0.4, -0.2) is 19.9 Å². The van der Waals surface area contributed by atoms with Gasteiger partial charge < -0.3 is 9.97 Å². The van der Waals surface area contributed by atoms with Crippen molar-refractivity contribution in [1.29, 1.82) is 0 Å². The van der Waals surface area contributed by atoms with Gasteiger partial charge in [0.2, 0.25) is 0 Å². The van der Waals surface area contributed by atoms with Gasteiger partial charge in [0.1, 0.15) is 0 Å². The maximum absolute atomic E-state index is 5.12. The topological polar surface area (TPSA) is 57.4 Å². The normalized spacial score (nSPS) is 12.3. The quantitative estimate of drug-likeness (QED) is 0.192. The van der Waals surface area contributed by atoms with Gasteiger partial charge in [-0.1, -0.05) is 58.7 Å². The maximum atomic E-state index is 5.12. The van der Waals surface area contributed by atoms with Crippen molar-refractivity contribution >= 4 is 78.2 Å². The van der Waals surface area contributed by atoms with Crippen molar-refractivity contribution < 1.29 is 0 Å². The van der Waals surface area contributed by atoms with E-state index in [-0.39, 0.29) is 0 Å². The van der Waals surface area contributed by atoms with E-state index < -0.39 is 0 Å². The van der Waals surface area contributed by atoms with Crippen LogP contribution in [0.4, 0.5) is 0 Å². The van der Waals surface area contributed by atoms with Crippen molar-refractivity contribution in [2.45, 2.75) is 27.7 Å². The molecule has 0 atom stereocenters. The lowest BCUT2D eigenvalue weighted by molar-refractivity contribution is 1.26. The third-order valence-electron chi connectivity index (χ3n) is 7.65. The highest BCUT2D eigenvalue weighted by Crippen LogP contribution is 2.37. The zero-order valence-electron chi connectivity index (χ0n) is 23.7. The number of aromatic amines is 2. The van der Waals surface area contributed by atoms with Gasteiger partial charge in [0, 0.05) is 22.2 Å². The van der Waals surface area contributed by atoms with Gasteiger partial charge >= 0.3 is 0 Å². The lowest BCUT2D eigenvalue weighted by Gasteiger charge is -2.08. The molecule has 0 fully saturated rings. The molecule has 2 aromatic carbocycles. The first kappa shape index (κ1) is 26.9. The molecule has 206 valence electrons. The molecule has 5 heterocycles. The molecular formula is C36H28Br2N4. The van der Waals surface area contributed by atoms with E-state index in [0.717, 1.165) is 76.0 Å². The Bertz CT molecular complexity index is 2020. The molecule has 0 aliphatic carbocycles. The van der Waals surface area contributed by atoms with Crippen LogP contribution in [0.15, 0.2) is 69.6 Å². The van der Waals surface area contributed by atoms with Gasteiger partial charge in [-0.2, -0.15) is 0 Å². The second-order valence-electron chi connectivity index (χ2n) is 11.1. The van der Waals surface area contributed by atoms with Crippen LogP contribution in [0.2, 0.25) is 0 Å². The van der Waals surface area contributed by atoms with Crippen LogP contribution in [0, 0.1) is 27.7 Å². The minimum atomic E-state index is 0.863. The van der Waals surface area contributed by atoms with Crippen LogP contribution in [0.3, 0.4) is 0 Å². The smallest absolute Gasteiger partial charge is 0.0801 e. The fraction of sp³-hybridized carbons (Fsp3) is 0.111. The summed E-state index contributed by atoms with van der Waals surface area (Å²) in [5.74, 6) is 0. The van der Waals surface area contributed by atoms with E-state index in [1.807, 2.05) is 0 Å². The minimum absolute atomic E-state index is 0.863. The average molecular weight is 676 g/mol. The highest BCUT2D eigenvalue weighted by Gasteiger charge is 2.17. The summed E-state index contributed by atoms with van der Waals surface area (Å²) >= 11 is 7.75. The van der Waals surface area contributed by atoms with E-state index in [2.05, 4.69) is 154 Å². The Balaban J connectivity index is 1.63. The number of halogens is 2. The summed E-state index contributed by atoms with van der Waals surface area (Å²) in [4.78, 5) is 17.6. The van der Waals surface area contributed by atoms with Crippen LogP contribution >= 0.6 is 31.9 Å². The second-order valence-corrected chi connectivity index (χ2v) is 12.7. The van der Waals surface area contributed by atoms with Crippen LogP contribution in [0.5, 0.6) is 0 Å². The Morgan fingerprint density at radius 3 is 1.24 bits per heavy atom. The van der Waals surface area contributed by atoms with Gasteiger partial charge in [0.15, 0.2) is 0 Å². The van der Waals surface area contributed by atoms with E-state index in [9.17, 15) is 0 Å². The molecule has 0 spiro atoms. The molecule has 3 aromatic heterocycles. The zero-order valence-corrected chi connectivity index (χ0v) is 26.9. The van der Waals surface area contributed by atoms with Gasteiger partial charge in [-0.3, -0.25) is 0 Å². The zero-order chi connectivity index (χ0) is 29.1. The number of nitrogens with one attached hydrogen (secondary N) is 2. The largest absolute Gasteiger partial charge is 0.354 e. The summed E-state index contributed by atoms with van der Waals surface area (Å²) in [6.45, 7) is 8.54. The molecular weight excluding hydrogens is 648 g/mol. The van der Waals surface area contributed by atoms with Crippen LogP contribution in [0.1, 0.15) is 45.0 Å². The van der Waals surface area contributed by atoms with Gasteiger partial charge in [-0.15, -0.1) is 0 Å². The highest BCUT2D eigenvalue weighted by molar-refractivity contribution is 9.11. The molecule has 4 nitrogen and oxygen atoms in total. The minimum Gasteiger partial charge on any atom is -0.354 e. The average Bonchev–Trinajstić information content (AvgIpc) is 3.75. The first-order valence-corrected chi connectivity index (χ1v) is 15.5. The summed E-state index contributed by atoms with van der Waals surface area (Å²) in [5, 5.41) is 0. The molecule has 0 unspecified atom stereocenters. The molecule has 8 bridgehead atoms. The van der Waals surface area contributed by atoms with Crippen molar-refractivity contribution in [2.75, 3.05) is 0 Å². The van der Waals surface area contributed by atoms with E-state index >= 15 is 0 Å². The van der Waals surface area contributed by atoms with Crippen molar-refractivity contribution in [2.24, 2.45) is 0 Å². The van der Waals surface area contributed by atoms with Gasteiger partial charge in [-0.25, -0.2) is 9.97 Å². The number of benzene rings is 2. The van der Waals surface area contributed by atoms with Crippen LogP contribution < -0.4 is 0 Å². The van der Waals surface area contributed by atoms with E-state index in [0.29, 0.717) is 0 Å². The molecule has 2 N–H and O–H groups in total. The van der Waals surface area contributed by atoms with Crippen molar-refractivity contribution in [3.05, 3.63) is 115 Å². The summed E-state index contributed by atoms with van der Waals surface area (Å²) < 4.78 is 1.82. The number of nitrogens with zero attached hydrogens (tertiary/aromatic N) is 2. The van der Waals surface area contributed by atoms with Crippen molar-refractivity contribution in [3.8, 4) is 22.3 Å². The SMILES string of the molecule is Cc1cc(C)cc(-c2c3nc(c(Br)c4ccc([nH]4)c(-c4cc(C)cc(C)c4)c4ccc([nH]4)c(Br)c4nc2C=C4)C=C3)c1. The molecule has 6 heteroatoms. The first-order valence-electron chi connectivity index (χ1n) is 13.9. The number of hydrogen-bond acceptors (Lipinski definition) is 2. The van der Waals surface area contributed by atoms with Crippen LogP contribution in [-0.2, 0) is 0 Å². The van der Waals surface area contributed by atoms with Gasteiger partial charge in [-0.05, 0) is 119 Å². The number of H-pyrrole nitrogens is 2. The molecule has 5 aromatic rings. The predicted molar refractivity (Wildman–Crippen MR) is 184 cm³/mol. The summed E-state index contributed by atoms with van der Waals surface area (Å²) in [6, 6.07) is 21.8.